The number of anilines is 2. The molecule has 4 nitrogen and oxygen atoms in total. The maximum absolute atomic E-state index is 13.3. The second-order valence-electron chi connectivity index (χ2n) is 8.71. The van der Waals surface area contributed by atoms with Crippen LogP contribution in [0.25, 0.3) is 0 Å². The molecule has 34 heavy (non-hydrogen) atoms. The molecule has 0 radical (unpaired) electrons. The normalized spacial score (nSPS) is 14.9. The Balaban J connectivity index is 1.46. The topological polar surface area (TPSA) is 58.2 Å². The first-order valence-corrected chi connectivity index (χ1v) is 12.9. The standard InChI is InChI=1S/C28H29ClN2O2S/c1-19-12-13-23(18-25(19)29)31-28(33)26(20-8-4-2-5-9-20)34-24-16-14-22(15-17-24)30-27(32)21-10-6-3-7-11-21/h2,4-5,8-9,12-18,21,26H,3,6-7,10-11H2,1H3,(H,30,32)(H,31,33). The molecule has 0 spiro atoms. The second-order valence-corrected chi connectivity index (χ2v) is 10.3. The summed E-state index contributed by atoms with van der Waals surface area (Å²) in [6.07, 6.45) is 5.43. The van der Waals surface area contributed by atoms with Gasteiger partial charge in [-0.15, -0.1) is 11.8 Å². The van der Waals surface area contributed by atoms with E-state index in [9.17, 15) is 9.59 Å². The Kier molecular flexibility index (Phi) is 8.30. The minimum atomic E-state index is -0.441. The van der Waals surface area contributed by atoms with Crippen LogP contribution in [-0.2, 0) is 9.59 Å². The number of thioether (sulfide) groups is 1. The van der Waals surface area contributed by atoms with E-state index < -0.39 is 5.25 Å². The highest BCUT2D eigenvalue weighted by molar-refractivity contribution is 8.00. The van der Waals surface area contributed by atoms with E-state index in [4.69, 9.17) is 11.6 Å². The number of carbonyl (C=O) groups excluding carboxylic acids is 2. The van der Waals surface area contributed by atoms with E-state index in [1.165, 1.54) is 18.2 Å². The minimum Gasteiger partial charge on any atom is -0.326 e. The maximum Gasteiger partial charge on any atom is 0.242 e. The Morgan fingerprint density at radius 3 is 2.24 bits per heavy atom. The van der Waals surface area contributed by atoms with Crippen LogP contribution in [-0.4, -0.2) is 11.8 Å². The SMILES string of the molecule is Cc1ccc(NC(=O)C(Sc2ccc(NC(=O)C3CCCCC3)cc2)c2ccccc2)cc1Cl. The van der Waals surface area contributed by atoms with Crippen molar-refractivity contribution in [2.75, 3.05) is 10.6 Å². The predicted molar refractivity (Wildman–Crippen MR) is 142 cm³/mol. The zero-order chi connectivity index (χ0) is 23.9. The zero-order valence-electron chi connectivity index (χ0n) is 19.2. The summed E-state index contributed by atoms with van der Waals surface area (Å²) in [5.41, 5.74) is 3.33. The van der Waals surface area contributed by atoms with Crippen LogP contribution in [0.15, 0.2) is 77.7 Å². The summed E-state index contributed by atoms with van der Waals surface area (Å²) < 4.78 is 0. The van der Waals surface area contributed by atoms with Crippen molar-refractivity contribution in [2.24, 2.45) is 5.92 Å². The van der Waals surface area contributed by atoms with E-state index in [1.807, 2.05) is 73.7 Å². The Hall–Kier alpha value is -2.76. The van der Waals surface area contributed by atoms with E-state index in [2.05, 4.69) is 10.6 Å². The van der Waals surface area contributed by atoms with Gasteiger partial charge in [0.05, 0.1) is 0 Å². The highest BCUT2D eigenvalue weighted by Gasteiger charge is 2.23. The van der Waals surface area contributed by atoms with Gasteiger partial charge < -0.3 is 10.6 Å². The van der Waals surface area contributed by atoms with Crippen LogP contribution in [0.5, 0.6) is 0 Å². The van der Waals surface area contributed by atoms with E-state index in [0.717, 1.165) is 47.4 Å². The largest absolute Gasteiger partial charge is 0.326 e. The molecule has 0 aliphatic heterocycles. The third kappa shape index (κ3) is 6.43. The molecule has 3 aromatic carbocycles. The van der Waals surface area contributed by atoms with Crippen molar-refractivity contribution in [3.63, 3.8) is 0 Å². The van der Waals surface area contributed by atoms with Crippen LogP contribution in [0.4, 0.5) is 11.4 Å². The Labute approximate surface area is 210 Å². The molecule has 176 valence electrons. The van der Waals surface area contributed by atoms with E-state index >= 15 is 0 Å². The number of nitrogens with one attached hydrogen (secondary N) is 2. The van der Waals surface area contributed by atoms with Crippen molar-refractivity contribution in [1.82, 2.24) is 0 Å². The third-order valence-corrected chi connectivity index (χ3v) is 7.81. The van der Waals surface area contributed by atoms with E-state index in [0.29, 0.717) is 10.7 Å². The average Bonchev–Trinajstić information content (AvgIpc) is 2.86. The van der Waals surface area contributed by atoms with Gasteiger partial charge in [0.25, 0.3) is 0 Å². The van der Waals surface area contributed by atoms with Crippen molar-refractivity contribution in [2.45, 2.75) is 49.2 Å². The minimum absolute atomic E-state index is 0.110. The quantitative estimate of drug-likeness (QED) is 0.333. The Morgan fingerprint density at radius 1 is 0.882 bits per heavy atom. The van der Waals surface area contributed by atoms with Crippen LogP contribution in [0.2, 0.25) is 5.02 Å². The van der Waals surface area contributed by atoms with Gasteiger partial charge in [-0.1, -0.05) is 67.3 Å². The van der Waals surface area contributed by atoms with Crippen molar-refractivity contribution in [3.05, 3.63) is 88.9 Å². The molecule has 1 aliphatic carbocycles. The predicted octanol–water partition coefficient (Wildman–Crippen LogP) is 7.64. The number of carbonyl (C=O) groups is 2. The molecule has 2 amide bonds. The lowest BCUT2D eigenvalue weighted by molar-refractivity contribution is -0.120. The summed E-state index contributed by atoms with van der Waals surface area (Å²) in [7, 11) is 0. The first-order chi connectivity index (χ1) is 16.5. The summed E-state index contributed by atoms with van der Waals surface area (Å²) >= 11 is 7.71. The number of aryl methyl sites for hydroxylation is 1. The summed E-state index contributed by atoms with van der Waals surface area (Å²) in [4.78, 5) is 26.8. The van der Waals surface area contributed by atoms with Gasteiger partial charge in [-0.05, 0) is 67.3 Å². The molecule has 4 rings (SSSR count). The summed E-state index contributed by atoms with van der Waals surface area (Å²) in [6, 6.07) is 22.9. The van der Waals surface area contributed by atoms with E-state index in [-0.39, 0.29) is 17.7 Å². The van der Waals surface area contributed by atoms with Crippen LogP contribution in [0, 0.1) is 12.8 Å². The number of benzene rings is 3. The number of rotatable bonds is 7. The fraction of sp³-hybridized carbons (Fsp3) is 0.286. The van der Waals surface area contributed by atoms with Crippen molar-refractivity contribution >= 4 is 46.6 Å². The molecule has 0 saturated heterocycles. The molecular weight excluding hydrogens is 464 g/mol. The molecule has 1 fully saturated rings. The molecule has 3 aromatic rings. The Morgan fingerprint density at radius 2 is 1.56 bits per heavy atom. The van der Waals surface area contributed by atoms with Gasteiger partial charge in [-0.3, -0.25) is 9.59 Å². The smallest absolute Gasteiger partial charge is 0.242 e. The van der Waals surface area contributed by atoms with Gasteiger partial charge >= 0.3 is 0 Å². The van der Waals surface area contributed by atoms with Gasteiger partial charge in [0.1, 0.15) is 5.25 Å². The lowest BCUT2D eigenvalue weighted by Gasteiger charge is -2.21. The van der Waals surface area contributed by atoms with Crippen molar-refractivity contribution < 1.29 is 9.59 Å². The van der Waals surface area contributed by atoms with Crippen molar-refractivity contribution in [3.8, 4) is 0 Å². The summed E-state index contributed by atoms with van der Waals surface area (Å²) in [5, 5.41) is 6.23. The number of halogens is 1. The first-order valence-electron chi connectivity index (χ1n) is 11.7. The van der Waals surface area contributed by atoms with Crippen molar-refractivity contribution in [1.29, 1.82) is 0 Å². The van der Waals surface area contributed by atoms with Gasteiger partial charge in [0.15, 0.2) is 0 Å². The van der Waals surface area contributed by atoms with Gasteiger partial charge in [-0.2, -0.15) is 0 Å². The number of amides is 2. The van der Waals surface area contributed by atoms with Gasteiger partial charge in [0, 0.05) is 27.2 Å². The molecule has 1 saturated carbocycles. The van der Waals surface area contributed by atoms with Crippen LogP contribution >= 0.6 is 23.4 Å². The lowest BCUT2D eigenvalue weighted by Crippen LogP contribution is -2.24. The molecule has 1 aliphatic rings. The maximum atomic E-state index is 13.3. The fourth-order valence-electron chi connectivity index (χ4n) is 4.14. The molecule has 6 heteroatoms. The molecule has 0 heterocycles. The number of hydrogen-bond donors (Lipinski definition) is 2. The van der Waals surface area contributed by atoms with Gasteiger partial charge in [0.2, 0.25) is 11.8 Å². The zero-order valence-corrected chi connectivity index (χ0v) is 20.8. The van der Waals surface area contributed by atoms with E-state index in [1.54, 1.807) is 6.07 Å². The molecule has 1 unspecified atom stereocenters. The summed E-state index contributed by atoms with van der Waals surface area (Å²) in [6.45, 7) is 1.93. The highest BCUT2D eigenvalue weighted by atomic mass is 35.5. The molecular formula is C28H29ClN2O2S. The van der Waals surface area contributed by atoms with Crippen LogP contribution in [0.3, 0.4) is 0 Å². The molecule has 1 atom stereocenters. The summed E-state index contributed by atoms with van der Waals surface area (Å²) in [5.74, 6) is 0.105. The lowest BCUT2D eigenvalue weighted by atomic mass is 9.88. The molecule has 0 aromatic heterocycles. The highest BCUT2D eigenvalue weighted by Crippen LogP contribution is 2.37. The third-order valence-electron chi connectivity index (χ3n) is 6.13. The molecule has 0 bridgehead atoms. The molecule has 2 N–H and O–H groups in total. The van der Waals surface area contributed by atoms with Crippen LogP contribution in [0.1, 0.15) is 48.5 Å². The average molecular weight is 493 g/mol. The fourth-order valence-corrected chi connectivity index (χ4v) is 5.35. The monoisotopic (exact) mass is 492 g/mol. The van der Waals surface area contributed by atoms with Crippen LogP contribution < -0.4 is 10.6 Å². The Bertz CT molecular complexity index is 1130. The number of hydrogen-bond acceptors (Lipinski definition) is 3. The van der Waals surface area contributed by atoms with Gasteiger partial charge in [-0.25, -0.2) is 0 Å². The first kappa shape index (κ1) is 24.4. The second kappa shape index (κ2) is 11.6.